The number of ether oxygens (including phenoxy) is 1. The maximum Gasteiger partial charge on any atom is 0.157 e. The summed E-state index contributed by atoms with van der Waals surface area (Å²) in [7, 11) is 0. The molecule has 0 bridgehead atoms. The van der Waals surface area contributed by atoms with Crippen molar-refractivity contribution in [3.05, 3.63) is 57.6 Å². The zero-order valence-corrected chi connectivity index (χ0v) is 16.2. The number of nitrogens with zero attached hydrogens (tertiary/aromatic N) is 1. The highest BCUT2D eigenvalue weighted by Gasteiger charge is 2.28. The molecular formula is C20H22BrNO3. The number of hydrogen-bond acceptors (Lipinski definition) is 4. The number of aldehydes is 1. The number of fused-ring (bicyclic) bond motifs is 1. The summed E-state index contributed by atoms with van der Waals surface area (Å²) in [5, 5.41) is 11.0. The van der Waals surface area contributed by atoms with E-state index in [2.05, 4.69) is 36.7 Å². The van der Waals surface area contributed by atoms with Gasteiger partial charge in [0.25, 0.3) is 0 Å². The van der Waals surface area contributed by atoms with Crippen molar-refractivity contribution in [3.63, 3.8) is 0 Å². The highest BCUT2D eigenvalue weighted by molar-refractivity contribution is 9.10. The number of aliphatic hydroxyl groups excluding tert-OH is 1. The van der Waals surface area contributed by atoms with Crippen LogP contribution < -0.4 is 9.64 Å². The van der Waals surface area contributed by atoms with E-state index in [1.54, 1.807) is 4.90 Å². The largest absolute Gasteiger partial charge is 0.491 e. The second-order valence-corrected chi connectivity index (χ2v) is 8.06. The van der Waals surface area contributed by atoms with Gasteiger partial charge in [0.1, 0.15) is 12.4 Å². The first-order valence-electron chi connectivity index (χ1n) is 8.28. The molecule has 1 N–H and O–H groups in total. The Kier molecular flexibility index (Phi) is 4.89. The topological polar surface area (TPSA) is 49.8 Å². The SMILES string of the molecule is CC(C)(C)c1ccc2c(c1)OCCN(c1cccc(Br)c1C=O)C2O. The van der Waals surface area contributed by atoms with E-state index in [4.69, 9.17) is 4.74 Å². The molecule has 1 heterocycles. The molecule has 0 aromatic heterocycles. The first-order valence-corrected chi connectivity index (χ1v) is 9.08. The van der Waals surface area contributed by atoms with Crippen molar-refractivity contribution >= 4 is 27.9 Å². The lowest BCUT2D eigenvalue weighted by Crippen LogP contribution is -2.31. The average molecular weight is 404 g/mol. The second-order valence-electron chi connectivity index (χ2n) is 7.21. The Morgan fingerprint density at radius 1 is 1.28 bits per heavy atom. The quantitative estimate of drug-likeness (QED) is 0.752. The van der Waals surface area contributed by atoms with Gasteiger partial charge in [-0.25, -0.2) is 0 Å². The second kappa shape index (κ2) is 6.81. The number of halogens is 1. The fraction of sp³-hybridized carbons (Fsp3) is 0.350. The molecule has 1 unspecified atom stereocenters. The third-order valence-corrected chi connectivity index (χ3v) is 5.19. The molecule has 25 heavy (non-hydrogen) atoms. The normalized spacial score (nSPS) is 17.5. The molecule has 0 saturated carbocycles. The monoisotopic (exact) mass is 403 g/mol. The van der Waals surface area contributed by atoms with Gasteiger partial charge in [0.15, 0.2) is 12.5 Å². The van der Waals surface area contributed by atoms with E-state index < -0.39 is 6.23 Å². The van der Waals surface area contributed by atoms with E-state index in [9.17, 15) is 9.90 Å². The molecule has 0 saturated heterocycles. The van der Waals surface area contributed by atoms with E-state index in [0.29, 0.717) is 40.2 Å². The van der Waals surface area contributed by atoms with Crippen molar-refractivity contribution in [2.45, 2.75) is 32.4 Å². The molecule has 1 aliphatic heterocycles. The summed E-state index contributed by atoms with van der Waals surface area (Å²) in [5.41, 5.74) is 3.08. The van der Waals surface area contributed by atoms with Gasteiger partial charge in [-0.05, 0) is 45.1 Å². The van der Waals surface area contributed by atoms with Crippen molar-refractivity contribution in [1.82, 2.24) is 0 Å². The molecule has 2 aromatic rings. The molecule has 1 aliphatic rings. The third-order valence-electron chi connectivity index (χ3n) is 4.50. The van der Waals surface area contributed by atoms with Crippen LogP contribution in [0.4, 0.5) is 5.69 Å². The molecule has 2 aromatic carbocycles. The maximum atomic E-state index is 11.5. The number of anilines is 1. The van der Waals surface area contributed by atoms with Gasteiger partial charge in [0, 0.05) is 10.0 Å². The Labute approximate surface area is 156 Å². The molecule has 0 aliphatic carbocycles. The molecule has 0 fully saturated rings. The Balaban J connectivity index is 2.04. The fourth-order valence-electron chi connectivity index (χ4n) is 3.03. The fourth-order valence-corrected chi connectivity index (χ4v) is 3.48. The Hall–Kier alpha value is -1.85. The van der Waals surface area contributed by atoms with Crippen LogP contribution in [0.1, 0.15) is 48.5 Å². The molecule has 3 rings (SSSR count). The lowest BCUT2D eigenvalue weighted by molar-refractivity contribution is 0.112. The van der Waals surface area contributed by atoms with Crippen LogP contribution in [-0.4, -0.2) is 24.5 Å². The van der Waals surface area contributed by atoms with Gasteiger partial charge >= 0.3 is 0 Å². The van der Waals surface area contributed by atoms with Crippen molar-refractivity contribution in [2.75, 3.05) is 18.1 Å². The van der Waals surface area contributed by atoms with E-state index >= 15 is 0 Å². The molecule has 5 heteroatoms. The van der Waals surface area contributed by atoms with Crippen molar-refractivity contribution in [2.24, 2.45) is 0 Å². The first-order chi connectivity index (χ1) is 11.8. The number of carbonyl (C=O) groups is 1. The average Bonchev–Trinajstić information content (AvgIpc) is 2.72. The van der Waals surface area contributed by atoms with Crippen LogP contribution in [0.2, 0.25) is 0 Å². The molecule has 4 nitrogen and oxygen atoms in total. The first kappa shape index (κ1) is 18.0. The van der Waals surface area contributed by atoms with Gasteiger partial charge in [-0.15, -0.1) is 0 Å². The summed E-state index contributed by atoms with van der Waals surface area (Å²) in [5.74, 6) is 0.699. The van der Waals surface area contributed by atoms with Crippen LogP contribution in [0.5, 0.6) is 5.75 Å². The van der Waals surface area contributed by atoms with Gasteiger partial charge in [-0.2, -0.15) is 0 Å². The molecule has 132 valence electrons. The number of hydrogen-bond donors (Lipinski definition) is 1. The maximum absolute atomic E-state index is 11.5. The molecular weight excluding hydrogens is 382 g/mol. The predicted octanol–water partition coefficient (Wildman–Crippen LogP) is 4.45. The van der Waals surface area contributed by atoms with Gasteiger partial charge in [-0.1, -0.05) is 39.0 Å². The zero-order valence-electron chi connectivity index (χ0n) is 14.6. The Bertz CT molecular complexity index is 798. The summed E-state index contributed by atoms with van der Waals surface area (Å²) in [6.45, 7) is 7.35. The van der Waals surface area contributed by atoms with Crippen LogP contribution in [0, 0.1) is 0 Å². The minimum absolute atomic E-state index is 0.00428. The van der Waals surface area contributed by atoms with Gasteiger partial charge in [0.05, 0.1) is 17.8 Å². The van der Waals surface area contributed by atoms with Crippen LogP contribution in [0.25, 0.3) is 0 Å². The minimum atomic E-state index is -0.875. The lowest BCUT2D eigenvalue weighted by atomic mass is 9.86. The van der Waals surface area contributed by atoms with Crippen molar-refractivity contribution in [1.29, 1.82) is 0 Å². The summed E-state index contributed by atoms with van der Waals surface area (Å²) >= 11 is 3.41. The summed E-state index contributed by atoms with van der Waals surface area (Å²) in [6, 6.07) is 11.5. The Morgan fingerprint density at radius 2 is 2.04 bits per heavy atom. The van der Waals surface area contributed by atoms with E-state index in [1.807, 2.05) is 36.4 Å². The highest BCUT2D eigenvalue weighted by Crippen LogP contribution is 2.38. The van der Waals surface area contributed by atoms with Crippen LogP contribution in [0.15, 0.2) is 40.9 Å². The van der Waals surface area contributed by atoms with Gasteiger partial charge < -0.3 is 14.7 Å². The molecule has 0 radical (unpaired) electrons. The van der Waals surface area contributed by atoms with Crippen molar-refractivity contribution in [3.8, 4) is 5.75 Å². The van der Waals surface area contributed by atoms with Crippen molar-refractivity contribution < 1.29 is 14.6 Å². The molecule has 0 spiro atoms. The standard InChI is InChI=1S/C20H22BrNO3/c1-20(2,3)13-7-8-14-18(11-13)25-10-9-22(19(14)24)17-6-4-5-16(21)15(17)12-23/h4-8,11-12,19,24H,9-10H2,1-3H3. The zero-order chi connectivity index (χ0) is 18.2. The van der Waals surface area contributed by atoms with Crippen LogP contribution in [-0.2, 0) is 5.41 Å². The van der Waals surface area contributed by atoms with Gasteiger partial charge in [0.2, 0.25) is 0 Å². The third kappa shape index (κ3) is 3.44. The lowest BCUT2D eigenvalue weighted by Gasteiger charge is -2.29. The highest BCUT2D eigenvalue weighted by atomic mass is 79.9. The van der Waals surface area contributed by atoms with Gasteiger partial charge in [-0.3, -0.25) is 4.79 Å². The number of rotatable bonds is 2. The molecule has 1 atom stereocenters. The predicted molar refractivity (Wildman–Crippen MR) is 102 cm³/mol. The summed E-state index contributed by atoms with van der Waals surface area (Å²) < 4.78 is 6.62. The Morgan fingerprint density at radius 3 is 2.72 bits per heavy atom. The van der Waals surface area contributed by atoms with E-state index in [1.165, 1.54) is 0 Å². The number of benzene rings is 2. The van der Waals surface area contributed by atoms with Crippen LogP contribution >= 0.6 is 15.9 Å². The van der Waals surface area contributed by atoms with E-state index in [-0.39, 0.29) is 5.41 Å². The van der Waals surface area contributed by atoms with E-state index in [0.717, 1.165) is 11.8 Å². The smallest absolute Gasteiger partial charge is 0.157 e. The molecule has 0 amide bonds. The number of aliphatic hydroxyl groups is 1. The number of carbonyl (C=O) groups excluding carboxylic acids is 1. The van der Waals surface area contributed by atoms with Crippen LogP contribution in [0.3, 0.4) is 0 Å². The summed E-state index contributed by atoms with van der Waals surface area (Å²) in [6.07, 6.45) is -0.0684. The summed E-state index contributed by atoms with van der Waals surface area (Å²) in [4.78, 5) is 13.3. The minimum Gasteiger partial charge on any atom is -0.491 e.